The second-order valence-corrected chi connectivity index (χ2v) is 15.5. The summed E-state index contributed by atoms with van der Waals surface area (Å²) in [5.74, 6) is 2.48. The lowest BCUT2D eigenvalue weighted by Crippen LogP contribution is -2.65. The van der Waals surface area contributed by atoms with Crippen LogP contribution in [-0.2, 0) is 19.1 Å². The van der Waals surface area contributed by atoms with Crippen LogP contribution in [0.15, 0.2) is 11.6 Å². The molecule has 4 nitrogen and oxygen atoms in total. The van der Waals surface area contributed by atoms with Gasteiger partial charge in [-0.3, -0.25) is 9.59 Å². The normalized spacial score (nSPS) is 49.3. The number of carbonyl (C=O) groups excluding carboxylic acids is 2. The summed E-state index contributed by atoms with van der Waals surface area (Å²) < 4.78 is 11.7. The first-order valence-electron chi connectivity index (χ1n) is 15.7. The van der Waals surface area contributed by atoms with E-state index >= 15 is 0 Å². The summed E-state index contributed by atoms with van der Waals surface area (Å²) in [6, 6.07) is 0. The third kappa shape index (κ3) is 3.59. The fourth-order valence-electron chi connectivity index (χ4n) is 11.5. The number of rotatable bonds is 3. The van der Waals surface area contributed by atoms with Crippen molar-refractivity contribution in [2.75, 3.05) is 6.61 Å². The first-order chi connectivity index (χ1) is 17.7. The summed E-state index contributed by atoms with van der Waals surface area (Å²) in [5, 5.41) is 0. The third-order valence-corrected chi connectivity index (χ3v) is 13.9. The van der Waals surface area contributed by atoms with Gasteiger partial charge in [-0.25, -0.2) is 0 Å². The molecule has 4 saturated carbocycles. The van der Waals surface area contributed by atoms with E-state index in [0.29, 0.717) is 36.2 Å². The van der Waals surface area contributed by atoms with Gasteiger partial charge in [0.25, 0.3) is 0 Å². The van der Waals surface area contributed by atoms with E-state index in [1.54, 1.807) is 12.5 Å². The second kappa shape index (κ2) is 9.10. The number of allylic oxidation sites excluding steroid dienone is 2. The van der Waals surface area contributed by atoms with Crippen LogP contribution in [-0.4, -0.2) is 24.6 Å². The molecule has 10 atom stereocenters. The molecule has 0 aromatic heterocycles. The Morgan fingerprint density at radius 1 is 0.921 bits per heavy atom. The molecule has 0 aromatic carbocycles. The highest BCUT2D eigenvalue weighted by atomic mass is 16.5. The van der Waals surface area contributed by atoms with Gasteiger partial charge in [0.15, 0.2) is 0 Å². The van der Waals surface area contributed by atoms with Gasteiger partial charge >= 0.3 is 11.9 Å². The van der Waals surface area contributed by atoms with Crippen LogP contribution in [0.25, 0.3) is 0 Å². The van der Waals surface area contributed by atoms with E-state index in [2.05, 4.69) is 54.5 Å². The minimum Gasteiger partial charge on any atom is -0.466 e. The van der Waals surface area contributed by atoms with Gasteiger partial charge in [0, 0.05) is 12.3 Å². The molecule has 4 fully saturated rings. The summed E-state index contributed by atoms with van der Waals surface area (Å²) >= 11 is 0. The fraction of sp³-hybridized carbons (Fsp3) is 0.882. The Morgan fingerprint density at radius 2 is 1.63 bits per heavy atom. The lowest BCUT2D eigenvalue weighted by molar-refractivity contribution is -0.214. The second-order valence-electron chi connectivity index (χ2n) is 15.5. The molecule has 0 saturated heterocycles. The summed E-state index contributed by atoms with van der Waals surface area (Å²) in [5.41, 5.74) is 1.76. The van der Waals surface area contributed by atoms with Gasteiger partial charge in [-0.1, -0.05) is 60.1 Å². The van der Waals surface area contributed by atoms with Crippen LogP contribution in [0.3, 0.4) is 0 Å². The van der Waals surface area contributed by atoms with E-state index in [1.165, 1.54) is 12.8 Å². The average molecular weight is 527 g/mol. The van der Waals surface area contributed by atoms with Crippen molar-refractivity contribution in [3.8, 4) is 0 Å². The maximum atomic E-state index is 13.7. The molecule has 0 N–H and O–H groups in total. The molecule has 4 heteroatoms. The van der Waals surface area contributed by atoms with Crippen molar-refractivity contribution in [1.29, 1.82) is 0 Å². The van der Waals surface area contributed by atoms with Gasteiger partial charge < -0.3 is 9.47 Å². The average Bonchev–Trinajstić information content (AvgIpc) is 2.83. The van der Waals surface area contributed by atoms with Crippen molar-refractivity contribution in [3.63, 3.8) is 0 Å². The number of hydrogen-bond donors (Lipinski definition) is 0. The fourth-order valence-corrected chi connectivity index (χ4v) is 11.5. The zero-order valence-electron chi connectivity index (χ0n) is 25.7. The molecule has 5 aliphatic rings. The largest absolute Gasteiger partial charge is 0.466 e. The molecule has 5 aliphatic carbocycles. The molecular weight excluding hydrogens is 472 g/mol. The highest BCUT2D eigenvalue weighted by Gasteiger charge is 2.69. The van der Waals surface area contributed by atoms with E-state index in [0.717, 1.165) is 44.9 Å². The Balaban J connectivity index is 1.56. The first kappa shape index (κ1) is 28.2. The Morgan fingerprint density at radius 3 is 2.29 bits per heavy atom. The Hall–Kier alpha value is -1.32. The van der Waals surface area contributed by atoms with Crippen LogP contribution < -0.4 is 0 Å². The zero-order valence-corrected chi connectivity index (χ0v) is 25.7. The molecule has 0 unspecified atom stereocenters. The van der Waals surface area contributed by atoms with E-state index < -0.39 is 0 Å². The quantitative estimate of drug-likeness (QED) is 0.275. The van der Waals surface area contributed by atoms with E-state index in [1.807, 2.05) is 6.92 Å². The minimum atomic E-state index is -0.346. The minimum absolute atomic E-state index is 0.0113. The van der Waals surface area contributed by atoms with Gasteiger partial charge in [0.1, 0.15) is 6.10 Å². The molecule has 0 heterocycles. The standard InChI is InChI=1S/C34H54O4/c1-10-37-29(36)34-18-13-21(2)22(3)28(34)24-11-12-26-31(7)16-15-27(38-23(4)35)30(5,6)25(31)14-17-33(26,9)32(24,8)19-20-34/h11,21-22,25-28H,10,12-20H2,1-9H3/t21-,22+,25+,26-,27+,28+,31+,32-,33-,34+/m1/s1. The third-order valence-electron chi connectivity index (χ3n) is 13.9. The summed E-state index contributed by atoms with van der Waals surface area (Å²) in [4.78, 5) is 25.6. The smallest absolute Gasteiger partial charge is 0.312 e. The van der Waals surface area contributed by atoms with Gasteiger partial charge in [0.05, 0.1) is 12.0 Å². The van der Waals surface area contributed by atoms with E-state index in [4.69, 9.17) is 9.47 Å². The van der Waals surface area contributed by atoms with Gasteiger partial charge in [-0.2, -0.15) is 0 Å². The molecular formula is C34H54O4. The molecule has 0 spiro atoms. The van der Waals surface area contributed by atoms with Crippen molar-refractivity contribution in [2.24, 2.45) is 56.7 Å². The molecule has 0 bridgehead atoms. The maximum absolute atomic E-state index is 13.7. The number of ether oxygens (including phenoxy) is 2. The highest BCUT2D eigenvalue weighted by molar-refractivity contribution is 5.79. The lowest BCUT2D eigenvalue weighted by atomic mass is 9.33. The topological polar surface area (TPSA) is 52.6 Å². The monoisotopic (exact) mass is 526 g/mol. The molecule has 0 aromatic rings. The number of fused-ring (bicyclic) bond motifs is 7. The number of esters is 2. The van der Waals surface area contributed by atoms with Gasteiger partial charge in [-0.05, 0) is 111 Å². The number of carbonyl (C=O) groups is 2. The highest BCUT2D eigenvalue weighted by Crippen LogP contribution is 2.76. The van der Waals surface area contributed by atoms with Crippen molar-refractivity contribution < 1.29 is 19.1 Å². The van der Waals surface area contributed by atoms with Crippen LogP contribution in [0.4, 0.5) is 0 Å². The molecule has 0 amide bonds. The van der Waals surface area contributed by atoms with Crippen LogP contribution >= 0.6 is 0 Å². The first-order valence-corrected chi connectivity index (χ1v) is 15.7. The van der Waals surface area contributed by atoms with Gasteiger partial charge in [-0.15, -0.1) is 0 Å². The van der Waals surface area contributed by atoms with Crippen molar-refractivity contribution >= 4 is 11.9 Å². The summed E-state index contributed by atoms with van der Waals surface area (Å²) in [6.07, 6.45) is 12.4. The van der Waals surface area contributed by atoms with E-state index in [-0.39, 0.29) is 45.1 Å². The lowest BCUT2D eigenvalue weighted by Gasteiger charge is -2.71. The van der Waals surface area contributed by atoms with Gasteiger partial charge in [0.2, 0.25) is 0 Å². The van der Waals surface area contributed by atoms with Crippen molar-refractivity contribution in [3.05, 3.63) is 11.6 Å². The Labute approximate surface area is 232 Å². The Bertz CT molecular complexity index is 1010. The predicted octanol–water partition coefficient (Wildman–Crippen LogP) is 8.14. The Kier molecular flexibility index (Phi) is 6.76. The van der Waals surface area contributed by atoms with Crippen molar-refractivity contribution in [2.45, 2.75) is 126 Å². The zero-order chi connectivity index (χ0) is 27.9. The molecule has 0 radical (unpaired) electrons. The van der Waals surface area contributed by atoms with Crippen molar-refractivity contribution in [1.82, 2.24) is 0 Å². The maximum Gasteiger partial charge on any atom is 0.312 e. The molecule has 5 rings (SSSR count). The van der Waals surface area contributed by atoms with Crippen LogP contribution in [0.2, 0.25) is 0 Å². The summed E-state index contributed by atoms with van der Waals surface area (Å²) in [7, 11) is 0. The number of hydrogen-bond acceptors (Lipinski definition) is 4. The van der Waals surface area contributed by atoms with Crippen LogP contribution in [0, 0.1) is 56.7 Å². The molecule has 214 valence electrons. The summed E-state index contributed by atoms with van der Waals surface area (Å²) in [6.45, 7) is 21.3. The van der Waals surface area contributed by atoms with E-state index in [9.17, 15) is 9.59 Å². The molecule has 0 aliphatic heterocycles. The SMILES string of the molecule is CCOC(=O)[C@]12CC[C@@H](C)[C@H](C)[C@H]1C1=CC[C@@H]3[C@@]4(C)CC[C@H](OC(C)=O)C(C)(C)[C@@H]4CC[C@@]3(C)[C@]1(C)CC2. The predicted molar refractivity (Wildman–Crippen MR) is 151 cm³/mol. The van der Waals surface area contributed by atoms with Crippen LogP contribution in [0.5, 0.6) is 0 Å². The van der Waals surface area contributed by atoms with Crippen LogP contribution in [0.1, 0.15) is 120 Å². The molecule has 38 heavy (non-hydrogen) atoms.